The van der Waals surface area contributed by atoms with E-state index in [1.54, 1.807) is 12.4 Å². The van der Waals surface area contributed by atoms with Gasteiger partial charge in [-0.15, -0.1) is 0 Å². The molecule has 0 spiro atoms. The lowest BCUT2D eigenvalue weighted by atomic mass is 10.1. The van der Waals surface area contributed by atoms with E-state index in [-0.39, 0.29) is 5.95 Å². The molecule has 2 aromatic heterocycles. The molecule has 3 rings (SSSR count). The number of nitrogen functional groups attached to an aromatic ring is 1. The van der Waals surface area contributed by atoms with E-state index in [1.807, 2.05) is 24.3 Å². The average molecular weight is 212 g/mol. The lowest BCUT2D eigenvalue weighted by Gasteiger charge is -1.95. The summed E-state index contributed by atoms with van der Waals surface area (Å²) < 4.78 is 5.20. The zero-order chi connectivity index (χ0) is 11.0. The first-order chi connectivity index (χ1) is 7.84. The second-order valence-corrected chi connectivity index (χ2v) is 3.36. The van der Waals surface area contributed by atoms with Crippen LogP contribution in [0.3, 0.4) is 0 Å². The van der Waals surface area contributed by atoms with Crippen LogP contribution in [0.25, 0.3) is 22.2 Å². The Hall–Kier alpha value is -2.43. The number of fused-ring (bicyclic) bond motifs is 1. The molecule has 0 radical (unpaired) electrons. The highest BCUT2D eigenvalue weighted by molar-refractivity contribution is 5.90. The maximum atomic E-state index is 5.43. The van der Waals surface area contributed by atoms with Crippen LogP contribution >= 0.6 is 0 Å². The maximum absolute atomic E-state index is 5.43. The summed E-state index contributed by atoms with van der Waals surface area (Å²) in [6.07, 6.45) is 3.26. The lowest BCUT2D eigenvalue weighted by molar-refractivity contribution is 0.459. The van der Waals surface area contributed by atoms with Gasteiger partial charge >= 0.3 is 0 Å². The third-order valence-electron chi connectivity index (χ3n) is 2.32. The van der Waals surface area contributed by atoms with Crippen LogP contribution in [0.5, 0.6) is 0 Å². The number of aromatic nitrogens is 3. The van der Waals surface area contributed by atoms with Crippen LogP contribution in [0.2, 0.25) is 0 Å². The standard InChI is InChI=1S/C11H8N4O/c12-11-13-5-7(6-14-11)10-8-3-1-2-4-9(8)16-15-10/h1-6H,(H2,12,13,14). The summed E-state index contributed by atoms with van der Waals surface area (Å²) in [5.41, 5.74) is 7.69. The van der Waals surface area contributed by atoms with Gasteiger partial charge < -0.3 is 10.3 Å². The molecule has 0 aliphatic rings. The van der Waals surface area contributed by atoms with E-state index in [0.717, 1.165) is 22.2 Å². The van der Waals surface area contributed by atoms with Crippen molar-refractivity contribution in [3.05, 3.63) is 36.7 Å². The summed E-state index contributed by atoms with van der Waals surface area (Å²) in [5, 5.41) is 4.94. The quantitative estimate of drug-likeness (QED) is 0.666. The highest BCUT2D eigenvalue weighted by Crippen LogP contribution is 2.26. The second-order valence-electron chi connectivity index (χ2n) is 3.36. The number of hydrogen-bond donors (Lipinski definition) is 1. The van der Waals surface area contributed by atoms with Gasteiger partial charge in [-0.2, -0.15) is 0 Å². The first kappa shape index (κ1) is 8.84. The summed E-state index contributed by atoms with van der Waals surface area (Å²) in [6, 6.07) is 7.64. The van der Waals surface area contributed by atoms with Crippen molar-refractivity contribution in [3.63, 3.8) is 0 Å². The summed E-state index contributed by atoms with van der Waals surface area (Å²) >= 11 is 0. The van der Waals surface area contributed by atoms with Crippen molar-refractivity contribution in [2.24, 2.45) is 0 Å². The fraction of sp³-hybridized carbons (Fsp3) is 0. The van der Waals surface area contributed by atoms with Gasteiger partial charge in [0.1, 0.15) is 5.69 Å². The Balaban J connectivity index is 2.22. The van der Waals surface area contributed by atoms with Crippen LogP contribution in [0.1, 0.15) is 0 Å². The van der Waals surface area contributed by atoms with E-state index in [0.29, 0.717) is 0 Å². The highest BCUT2D eigenvalue weighted by Gasteiger charge is 2.09. The third kappa shape index (κ3) is 1.30. The first-order valence-corrected chi connectivity index (χ1v) is 4.77. The Bertz CT molecular complexity index is 630. The Kier molecular flexibility index (Phi) is 1.83. The second kappa shape index (κ2) is 3.30. The number of nitrogens with two attached hydrogens (primary N) is 1. The fourth-order valence-corrected chi connectivity index (χ4v) is 1.55. The fourth-order valence-electron chi connectivity index (χ4n) is 1.55. The summed E-state index contributed by atoms with van der Waals surface area (Å²) in [7, 11) is 0. The SMILES string of the molecule is Nc1ncc(-c2noc3ccccc23)cn1. The molecule has 5 nitrogen and oxygen atoms in total. The minimum Gasteiger partial charge on any atom is -0.368 e. The molecule has 0 aliphatic heterocycles. The molecule has 0 fully saturated rings. The first-order valence-electron chi connectivity index (χ1n) is 4.77. The van der Waals surface area contributed by atoms with Crippen molar-refractivity contribution in [1.82, 2.24) is 15.1 Å². The van der Waals surface area contributed by atoms with Gasteiger partial charge in [0.05, 0.1) is 0 Å². The van der Waals surface area contributed by atoms with E-state index in [4.69, 9.17) is 10.3 Å². The minimum atomic E-state index is 0.247. The maximum Gasteiger partial charge on any atom is 0.219 e. The number of hydrogen-bond acceptors (Lipinski definition) is 5. The number of para-hydroxylation sites is 1. The van der Waals surface area contributed by atoms with Crippen LogP contribution in [0.15, 0.2) is 41.2 Å². The van der Waals surface area contributed by atoms with Crippen molar-refractivity contribution in [2.45, 2.75) is 0 Å². The lowest BCUT2D eigenvalue weighted by Crippen LogP contribution is -1.93. The molecule has 0 amide bonds. The van der Waals surface area contributed by atoms with E-state index in [9.17, 15) is 0 Å². The van der Waals surface area contributed by atoms with Crippen molar-refractivity contribution >= 4 is 16.9 Å². The molecule has 0 unspecified atom stereocenters. The van der Waals surface area contributed by atoms with Crippen LogP contribution in [0.4, 0.5) is 5.95 Å². The molecule has 0 bridgehead atoms. The van der Waals surface area contributed by atoms with E-state index in [2.05, 4.69) is 15.1 Å². The Morgan fingerprint density at radius 3 is 2.62 bits per heavy atom. The van der Waals surface area contributed by atoms with E-state index in [1.165, 1.54) is 0 Å². The van der Waals surface area contributed by atoms with Gasteiger partial charge in [0.2, 0.25) is 5.95 Å². The molecule has 0 atom stereocenters. The average Bonchev–Trinajstić information content (AvgIpc) is 2.74. The van der Waals surface area contributed by atoms with Crippen molar-refractivity contribution in [1.29, 1.82) is 0 Å². The van der Waals surface area contributed by atoms with Gasteiger partial charge in [-0.05, 0) is 12.1 Å². The largest absolute Gasteiger partial charge is 0.368 e. The third-order valence-corrected chi connectivity index (χ3v) is 2.32. The van der Waals surface area contributed by atoms with Gasteiger partial charge in [0, 0.05) is 23.3 Å². The zero-order valence-electron chi connectivity index (χ0n) is 8.29. The molecule has 3 aromatic rings. The van der Waals surface area contributed by atoms with E-state index < -0.39 is 0 Å². The normalized spacial score (nSPS) is 10.8. The molecule has 2 N–H and O–H groups in total. The Morgan fingerprint density at radius 2 is 1.81 bits per heavy atom. The zero-order valence-corrected chi connectivity index (χ0v) is 8.29. The number of rotatable bonds is 1. The van der Waals surface area contributed by atoms with Gasteiger partial charge in [0.15, 0.2) is 5.58 Å². The Labute approximate surface area is 90.9 Å². The highest BCUT2D eigenvalue weighted by atomic mass is 16.5. The molecule has 2 heterocycles. The number of nitrogens with zero attached hydrogens (tertiary/aromatic N) is 3. The Morgan fingerprint density at radius 1 is 1.06 bits per heavy atom. The van der Waals surface area contributed by atoms with Gasteiger partial charge in [-0.25, -0.2) is 9.97 Å². The van der Waals surface area contributed by atoms with Crippen molar-refractivity contribution in [2.75, 3.05) is 5.73 Å². The van der Waals surface area contributed by atoms with Gasteiger partial charge in [-0.3, -0.25) is 0 Å². The molecule has 78 valence electrons. The molecule has 0 saturated carbocycles. The van der Waals surface area contributed by atoms with Crippen molar-refractivity contribution < 1.29 is 4.52 Å². The molecular formula is C11H8N4O. The molecule has 0 saturated heterocycles. The van der Waals surface area contributed by atoms with Crippen LogP contribution in [-0.4, -0.2) is 15.1 Å². The molecule has 1 aromatic carbocycles. The summed E-state index contributed by atoms with van der Waals surface area (Å²) in [6.45, 7) is 0. The summed E-state index contributed by atoms with van der Waals surface area (Å²) in [5.74, 6) is 0.247. The van der Waals surface area contributed by atoms with Crippen LogP contribution < -0.4 is 5.73 Å². The molecule has 16 heavy (non-hydrogen) atoms. The number of benzene rings is 1. The predicted octanol–water partition coefficient (Wildman–Crippen LogP) is 1.87. The smallest absolute Gasteiger partial charge is 0.219 e. The molecule has 0 aliphatic carbocycles. The molecular weight excluding hydrogens is 204 g/mol. The van der Waals surface area contributed by atoms with E-state index >= 15 is 0 Å². The molecule has 5 heteroatoms. The monoisotopic (exact) mass is 212 g/mol. The number of anilines is 1. The van der Waals surface area contributed by atoms with Gasteiger partial charge in [-0.1, -0.05) is 17.3 Å². The topological polar surface area (TPSA) is 77.8 Å². The van der Waals surface area contributed by atoms with Gasteiger partial charge in [0.25, 0.3) is 0 Å². The van der Waals surface area contributed by atoms with Crippen molar-refractivity contribution in [3.8, 4) is 11.3 Å². The summed E-state index contributed by atoms with van der Waals surface area (Å²) in [4.78, 5) is 7.85. The predicted molar refractivity (Wildman–Crippen MR) is 59.4 cm³/mol. The van der Waals surface area contributed by atoms with Crippen LogP contribution in [-0.2, 0) is 0 Å². The van der Waals surface area contributed by atoms with Crippen LogP contribution in [0, 0.1) is 0 Å². The minimum absolute atomic E-state index is 0.247.